The van der Waals surface area contributed by atoms with Gasteiger partial charge in [0.15, 0.2) is 0 Å². The van der Waals surface area contributed by atoms with Gasteiger partial charge in [-0.05, 0) is 23.3 Å². The molecule has 25 heavy (non-hydrogen) atoms. The number of benzene rings is 2. The van der Waals surface area contributed by atoms with E-state index in [4.69, 9.17) is 0 Å². The van der Waals surface area contributed by atoms with Crippen LogP contribution in [0.3, 0.4) is 0 Å². The van der Waals surface area contributed by atoms with Crippen LogP contribution >= 0.6 is 31.9 Å². The van der Waals surface area contributed by atoms with E-state index in [0.717, 1.165) is 6.07 Å². The van der Waals surface area contributed by atoms with Crippen LogP contribution in [0.4, 0.5) is 13.2 Å². The molecule has 0 N–H and O–H groups in total. The van der Waals surface area contributed by atoms with Gasteiger partial charge in [-0.25, -0.2) is 0 Å². The third kappa shape index (κ3) is 6.04. The lowest BCUT2D eigenvalue weighted by Crippen LogP contribution is -2.01. The van der Waals surface area contributed by atoms with Gasteiger partial charge in [0.2, 0.25) is 5.76 Å². The van der Waals surface area contributed by atoms with Crippen molar-refractivity contribution < 1.29 is 17.6 Å². The van der Waals surface area contributed by atoms with Gasteiger partial charge in [0.05, 0.1) is 10.2 Å². The predicted molar refractivity (Wildman–Crippen MR) is 100.0 cm³/mol. The molecule has 0 atom stereocenters. The van der Waals surface area contributed by atoms with Crippen LogP contribution in [-0.4, -0.2) is 0 Å². The lowest BCUT2D eigenvalue weighted by molar-refractivity contribution is -0.153. The SMILES string of the molecule is BrC(c1ccccc1)c1ccccc1.FC(F)(F)c1ccc(CBr)o1. The maximum absolute atomic E-state index is 11.8. The zero-order valence-corrected chi connectivity index (χ0v) is 16.2. The summed E-state index contributed by atoms with van der Waals surface area (Å²) in [5.74, 6) is -0.677. The molecule has 0 bridgehead atoms. The maximum Gasteiger partial charge on any atom is 0.449 e. The van der Waals surface area contributed by atoms with Crippen molar-refractivity contribution in [1.82, 2.24) is 0 Å². The fourth-order valence-corrected chi connectivity index (χ4v) is 2.95. The van der Waals surface area contributed by atoms with Gasteiger partial charge in [-0.15, -0.1) is 0 Å². The number of alkyl halides is 5. The fourth-order valence-electron chi connectivity index (χ4n) is 2.04. The Balaban J connectivity index is 0.000000186. The van der Waals surface area contributed by atoms with Gasteiger partial charge >= 0.3 is 6.18 Å². The average Bonchev–Trinajstić information content (AvgIpc) is 3.13. The van der Waals surface area contributed by atoms with Crippen molar-refractivity contribution >= 4 is 31.9 Å². The molecule has 1 heterocycles. The van der Waals surface area contributed by atoms with Crippen molar-refractivity contribution in [1.29, 1.82) is 0 Å². The highest BCUT2D eigenvalue weighted by Crippen LogP contribution is 2.31. The van der Waals surface area contributed by atoms with Crippen LogP contribution in [0.25, 0.3) is 0 Å². The second-order valence-corrected chi connectivity index (χ2v) is 6.56. The summed E-state index contributed by atoms with van der Waals surface area (Å²) in [7, 11) is 0. The Hall–Kier alpha value is -1.53. The van der Waals surface area contributed by atoms with Crippen LogP contribution in [0.2, 0.25) is 0 Å². The normalized spacial score (nSPS) is 11.1. The van der Waals surface area contributed by atoms with E-state index in [2.05, 4.69) is 84.8 Å². The van der Waals surface area contributed by atoms with Gasteiger partial charge in [0.25, 0.3) is 0 Å². The van der Waals surface area contributed by atoms with Crippen LogP contribution < -0.4 is 0 Å². The molecule has 0 spiro atoms. The van der Waals surface area contributed by atoms with E-state index in [-0.39, 0.29) is 5.76 Å². The Morgan fingerprint density at radius 1 is 0.800 bits per heavy atom. The smallest absolute Gasteiger partial charge is 0.449 e. The number of hydrogen-bond acceptors (Lipinski definition) is 1. The first-order valence-electron chi connectivity index (χ1n) is 7.37. The first kappa shape index (κ1) is 19.8. The molecular weight excluding hydrogens is 461 g/mol. The number of halogens is 5. The van der Waals surface area contributed by atoms with Gasteiger partial charge in [-0.2, -0.15) is 13.2 Å². The van der Waals surface area contributed by atoms with Crippen molar-refractivity contribution in [2.45, 2.75) is 16.3 Å². The minimum Gasteiger partial charge on any atom is -0.456 e. The van der Waals surface area contributed by atoms with Crippen LogP contribution in [0.1, 0.15) is 27.5 Å². The van der Waals surface area contributed by atoms with Crippen LogP contribution in [0, 0.1) is 0 Å². The van der Waals surface area contributed by atoms with Crippen molar-refractivity contribution in [2.75, 3.05) is 0 Å². The molecule has 3 aromatic rings. The lowest BCUT2D eigenvalue weighted by atomic mass is 10.1. The van der Waals surface area contributed by atoms with Crippen LogP contribution in [0.15, 0.2) is 77.2 Å². The summed E-state index contributed by atoms with van der Waals surface area (Å²) in [6.07, 6.45) is -4.37. The Labute approximate surface area is 161 Å². The summed E-state index contributed by atoms with van der Waals surface area (Å²) in [5.41, 5.74) is 2.58. The monoisotopic (exact) mass is 474 g/mol. The maximum atomic E-state index is 11.8. The summed E-state index contributed by atoms with van der Waals surface area (Å²) in [6.45, 7) is 0. The summed E-state index contributed by atoms with van der Waals surface area (Å²) in [4.78, 5) is 0.296. The van der Waals surface area contributed by atoms with E-state index in [1.807, 2.05) is 12.1 Å². The highest BCUT2D eigenvalue weighted by molar-refractivity contribution is 9.09. The Kier molecular flexibility index (Phi) is 7.32. The largest absolute Gasteiger partial charge is 0.456 e. The summed E-state index contributed by atoms with van der Waals surface area (Å²) in [5, 5.41) is 0.295. The molecule has 0 aliphatic rings. The van der Waals surface area contributed by atoms with Crippen molar-refractivity contribution in [3.05, 3.63) is 95.4 Å². The first-order chi connectivity index (χ1) is 11.9. The van der Waals surface area contributed by atoms with Crippen molar-refractivity contribution in [3.63, 3.8) is 0 Å². The molecule has 0 unspecified atom stereocenters. The lowest BCUT2D eigenvalue weighted by Gasteiger charge is -2.09. The molecular formula is C19H15Br2F3O. The molecule has 0 saturated heterocycles. The Bertz CT molecular complexity index is 716. The quantitative estimate of drug-likeness (QED) is 0.360. The molecule has 0 radical (unpaired) electrons. The Morgan fingerprint density at radius 2 is 1.28 bits per heavy atom. The highest BCUT2D eigenvalue weighted by atomic mass is 79.9. The molecule has 0 aliphatic heterocycles. The van der Waals surface area contributed by atoms with E-state index >= 15 is 0 Å². The minimum absolute atomic E-state index is 0.275. The molecule has 2 aromatic carbocycles. The van der Waals surface area contributed by atoms with Crippen LogP contribution in [-0.2, 0) is 11.5 Å². The predicted octanol–water partition coefficient (Wildman–Crippen LogP) is 7.36. The van der Waals surface area contributed by atoms with Gasteiger partial charge in [-0.1, -0.05) is 92.5 Å². The molecule has 0 fully saturated rings. The topological polar surface area (TPSA) is 13.1 Å². The molecule has 3 rings (SSSR count). The third-order valence-corrected chi connectivity index (χ3v) is 4.87. The molecule has 1 aromatic heterocycles. The van der Waals surface area contributed by atoms with Crippen LogP contribution in [0.5, 0.6) is 0 Å². The molecule has 0 aliphatic carbocycles. The zero-order chi connectivity index (χ0) is 18.3. The molecule has 132 valence electrons. The second-order valence-electron chi connectivity index (χ2n) is 5.08. The van der Waals surface area contributed by atoms with Crippen molar-refractivity contribution in [3.8, 4) is 0 Å². The third-order valence-electron chi connectivity index (χ3n) is 3.26. The number of furan rings is 1. The Morgan fingerprint density at radius 3 is 1.60 bits per heavy atom. The van der Waals surface area contributed by atoms with Gasteiger partial charge in [0, 0.05) is 0 Å². The van der Waals surface area contributed by atoms with E-state index in [9.17, 15) is 13.2 Å². The van der Waals surface area contributed by atoms with Crippen molar-refractivity contribution in [2.24, 2.45) is 0 Å². The number of rotatable bonds is 3. The average molecular weight is 476 g/mol. The fraction of sp³-hybridized carbons (Fsp3) is 0.158. The first-order valence-corrected chi connectivity index (χ1v) is 9.41. The summed E-state index contributed by atoms with van der Waals surface area (Å²) in [6, 6.07) is 23.0. The van der Waals surface area contributed by atoms with E-state index in [1.54, 1.807) is 0 Å². The van der Waals surface area contributed by atoms with E-state index in [0.29, 0.717) is 10.2 Å². The van der Waals surface area contributed by atoms with E-state index in [1.165, 1.54) is 17.2 Å². The second kappa shape index (κ2) is 9.25. The number of hydrogen-bond donors (Lipinski definition) is 0. The van der Waals surface area contributed by atoms with Gasteiger partial charge in [0.1, 0.15) is 5.76 Å². The highest BCUT2D eigenvalue weighted by Gasteiger charge is 2.34. The zero-order valence-electron chi connectivity index (χ0n) is 13.0. The minimum atomic E-state index is -4.37. The van der Waals surface area contributed by atoms with Gasteiger partial charge in [-0.3, -0.25) is 0 Å². The summed E-state index contributed by atoms with van der Waals surface area (Å²) < 4.78 is 39.9. The summed E-state index contributed by atoms with van der Waals surface area (Å²) >= 11 is 6.67. The molecule has 0 saturated carbocycles. The molecule has 6 heteroatoms. The van der Waals surface area contributed by atoms with E-state index < -0.39 is 11.9 Å². The molecule has 0 amide bonds. The van der Waals surface area contributed by atoms with Gasteiger partial charge < -0.3 is 4.42 Å². The standard InChI is InChI=1S/C13H11Br.C6H4BrF3O/c14-13(11-7-3-1-4-8-11)12-9-5-2-6-10-12;7-3-4-1-2-5(11-4)6(8,9)10/h1-10,13H;1-2H,3H2. The molecule has 1 nitrogen and oxygen atoms in total.